The number of nitrogens with two attached hydrogens (primary N) is 1. The fraction of sp³-hybridized carbons (Fsp3) is 0.750. The summed E-state index contributed by atoms with van der Waals surface area (Å²) in [5.41, 5.74) is 6.24. The highest BCUT2D eigenvalue weighted by Gasteiger charge is 2.38. The van der Waals surface area contributed by atoms with Crippen molar-refractivity contribution in [2.45, 2.75) is 38.0 Å². The summed E-state index contributed by atoms with van der Waals surface area (Å²) in [6.07, 6.45) is 7.05. The quantitative estimate of drug-likeness (QED) is 0.789. The second-order valence-corrected chi connectivity index (χ2v) is 5.44. The smallest absolute Gasteiger partial charge is 0.0862 e. The Morgan fingerprint density at radius 3 is 2.94 bits per heavy atom. The van der Waals surface area contributed by atoms with Gasteiger partial charge in [0.2, 0.25) is 0 Å². The van der Waals surface area contributed by atoms with Crippen LogP contribution in [0, 0.1) is 5.92 Å². The highest BCUT2D eigenvalue weighted by Crippen LogP contribution is 2.37. The van der Waals surface area contributed by atoms with E-state index in [-0.39, 0.29) is 6.10 Å². The molecule has 3 rings (SSSR count). The number of nitrogens with zero attached hydrogens (tertiary/aromatic N) is 3. The molecule has 1 saturated carbocycles. The van der Waals surface area contributed by atoms with Gasteiger partial charge in [0, 0.05) is 25.3 Å². The summed E-state index contributed by atoms with van der Waals surface area (Å²) in [6.45, 7) is 2.47. The van der Waals surface area contributed by atoms with E-state index in [0.29, 0.717) is 12.2 Å². The largest absolute Gasteiger partial charge is 0.396 e. The standard InChI is InChI=1S/C12H20N4O/c13-10-4-14-16(6-10)8-12(17)7-15-5-9-1-2-11(15)3-9/h4,6,9,11-12,17H,1-3,5,7-8,13H2. The van der Waals surface area contributed by atoms with Gasteiger partial charge < -0.3 is 10.8 Å². The molecule has 1 saturated heterocycles. The van der Waals surface area contributed by atoms with Gasteiger partial charge in [-0.3, -0.25) is 9.58 Å². The molecule has 0 amide bonds. The molecule has 0 spiro atoms. The van der Waals surface area contributed by atoms with Crippen molar-refractivity contribution in [3.63, 3.8) is 0 Å². The van der Waals surface area contributed by atoms with Gasteiger partial charge in [0.25, 0.3) is 0 Å². The molecule has 5 nitrogen and oxygen atoms in total. The summed E-state index contributed by atoms with van der Waals surface area (Å²) in [5, 5.41) is 14.1. The number of likely N-dealkylation sites (tertiary alicyclic amines) is 1. The molecule has 2 bridgehead atoms. The maximum atomic E-state index is 10.1. The van der Waals surface area contributed by atoms with Gasteiger partial charge >= 0.3 is 0 Å². The molecule has 3 atom stereocenters. The molecule has 2 fully saturated rings. The summed E-state index contributed by atoms with van der Waals surface area (Å²) in [4.78, 5) is 2.44. The topological polar surface area (TPSA) is 67.3 Å². The van der Waals surface area contributed by atoms with Gasteiger partial charge in [-0.1, -0.05) is 0 Å². The first-order valence-corrected chi connectivity index (χ1v) is 6.41. The Bertz CT molecular complexity index is 392. The molecule has 5 heteroatoms. The van der Waals surface area contributed by atoms with Crippen molar-refractivity contribution < 1.29 is 5.11 Å². The molecule has 1 aromatic rings. The third kappa shape index (κ3) is 2.30. The summed E-state index contributed by atoms with van der Waals surface area (Å²) in [5.74, 6) is 0.882. The maximum absolute atomic E-state index is 10.1. The number of rotatable bonds is 4. The van der Waals surface area contributed by atoms with Crippen molar-refractivity contribution in [1.29, 1.82) is 0 Å². The first-order valence-electron chi connectivity index (χ1n) is 6.41. The number of β-amino-alcohol motifs (C(OH)–C–C–N with tert-alkyl or cyclic N) is 1. The van der Waals surface area contributed by atoms with Gasteiger partial charge in [0.15, 0.2) is 0 Å². The van der Waals surface area contributed by atoms with Crippen LogP contribution in [0.25, 0.3) is 0 Å². The normalized spacial score (nSPS) is 29.9. The third-order valence-electron chi connectivity index (χ3n) is 4.02. The van der Waals surface area contributed by atoms with Crippen LogP contribution in [0.5, 0.6) is 0 Å². The lowest BCUT2D eigenvalue weighted by Crippen LogP contribution is -2.39. The van der Waals surface area contributed by atoms with Crippen LogP contribution in [-0.2, 0) is 6.54 Å². The van der Waals surface area contributed by atoms with Gasteiger partial charge in [-0.25, -0.2) is 0 Å². The van der Waals surface area contributed by atoms with Crippen molar-refractivity contribution in [2.24, 2.45) is 5.92 Å². The first-order chi connectivity index (χ1) is 8.20. The zero-order valence-corrected chi connectivity index (χ0v) is 10.00. The molecular weight excluding hydrogens is 216 g/mol. The first kappa shape index (κ1) is 11.0. The Morgan fingerprint density at radius 1 is 1.47 bits per heavy atom. The van der Waals surface area contributed by atoms with Crippen LogP contribution in [0.2, 0.25) is 0 Å². The van der Waals surface area contributed by atoms with Gasteiger partial charge in [-0.15, -0.1) is 0 Å². The number of aliphatic hydroxyl groups excluding tert-OH is 1. The number of nitrogen functional groups attached to an aromatic ring is 1. The lowest BCUT2D eigenvalue weighted by Gasteiger charge is -2.28. The molecule has 94 valence electrons. The molecule has 1 aliphatic carbocycles. The maximum Gasteiger partial charge on any atom is 0.0862 e. The zero-order valence-electron chi connectivity index (χ0n) is 10.00. The van der Waals surface area contributed by atoms with Crippen LogP contribution in [-0.4, -0.2) is 45.0 Å². The van der Waals surface area contributed by atoms with Gasteiger partial charge in [0.1, 0.15) is 0 Å². The summed E-state index contributed by atoms with van der Waals surface area (Å²) >= 11 is 0. The fourth-order valence-corrected chi connectivity index (χ4v) is 3.27. The Balaban J connectivity index is 1.52. The lowest BCUT2D eigenvalue weighted by atomic mass is 10.1. The molecule has 3 unspecified atom stereocenters. The minimum atomic E-state index is -0.353. The fourth-order valence-electron chi connectivity index (χ4n) is 3.27. The molecule has 0 radical (unpaired) electrons. The molecule has 2 aliphatic rings. The number of hydrogen-bond donors (Lipinski definition) is 2. The Labute approximate surface area is 101 Å². The number of aromatic nitrogens is 2. The van der Waals surface area contributed by atoms with Crippen LogP contribution < -0.4 is 5.73 Å². The Hall–Kier alpha value is -1.07. The van der Waals surface area contributed by atoms with Crippen molar-refractivity contribution in [2.75, 3.05) is 18.8 Å². The third-order valence-corrected chi connectivity index (χ3v) is 4.02. The Kier molecular flexibility index (Phi) is 2.80. The Morgan fingerprint density at radius 2 is 2.35 bits per heavy atom. The molecule has 1 aliphatic heterocycles. The van der Waals surface area contributed by atoms with Gasteiger partial charge in [0.05, 0.1) is 24.5 Å². The minimum Gasteiger partial charge on any atom is -0.396 e. The van der Waals surface area contributed by atoms with E-state index in [9.17, 15) is 5.11 Å². The van der Waals surface area contributed by atoms with Crippen LogP contribution in [0.3, 0.4) is 0 Å². The van der Waals surface area contributed by atoms with Crippen molar-refractivity contribution in [1.82, 2.24) is 14.7 Å². The van der Waals surface area contributed by atoms with E-state index in [1.165, 1.54) is 25.8 Å². The van der Waals surface area contributed by atoms with E-state index in [1.807, 2.05) is 0 Å². The molecule has 3 N–H and O–H groups in total. The van der Waals surface area contributed by atoms with E-state index in [4.69, 9.17) is 5.73 Å². The number of aliphatic hydroxyl groups is 1. The van der Waals surface area contributed by atoms with Crippen LogP contribution >= 0.6 is 0 Å². The highest BCUT2D eigenvalue weighted by atomic mass is 16.3. The average Bonchev–Trinajstić information content (AvgIpc) is 2.95. The molecular formula is C12H20N4O. The molecule has 0 aromatic carbocycles. The molecule has 1 aromatic heterocycles. The number of hydrogen-bond acceptors (Lipinski definition) is 4. The van der Waals surface area contributed by atoms with E-state index >= 15 is 0 Å². The van der Waals surface area contributed by atoms with E-state index in [0.717, 1.165) is 18.5 Å². The monoisotopic (exact) mass is 236 g/mol. The predicted octanol–water partition coefficient (Wildman–Crippen LogP) is 0.310. The summed E-state index contributed by atoms with van der Waals surface area (Å²) in [7, 11) is 0. The number of piperidine rings is 1. The van der Waals surface area contributed by atoms with Crippen molar-refractivity contribution >= 4 is 5.69 Å². The average molecular weight is 236 g/mol. The zero-order chi connectivity index (χ0) is 11.8. The minimum absolute atomic E-state index is 0.353. The molecule has 17 heavy (non-hydrogen) atoms. The number of anilines is 1. The van der Waals surface area contributed by atoms with Gasteiger partial charge in [-0.05, 0) is 25.2 Å². The number of fused-ring (bicyclic) bond motifs is 2. The molecule has 2 heterocycles. The van der Waals surface area contributed by atoms with Crippen LogP contribution in [0.15, 0.2) is 12.4 Å². The summed E-state index contributed by atoms with van der Waals surface area (Å²) in [6, 6.07) is 0.720. The van der Waals surface area contributed by atoms with Crippen LogP contribution in [0.1, 0.15) is 19.3 Å². The van der Waals surface area contributed by atoms with Gasteiger partial charge in [-0.2, -0.15) is 5.10 Å². The second-order valence-electron chi connectivity index (χ2n) is 5.44. The van der Waals surface area contributed by atoms with E-state index in [1.54, 1.807) is 17.1 Å². The van der Waals surface area contributed by atoms with E-state index < -0.39 is 0 Å². The summed E-state index contributed by atoms with van der Waals surface area (Å²) < 4.78 is 1.72. The van der Waals surface area contributed by atoms with Crippen molar-refractivity contribution in [3.05, 3.63) is 12.4 Å². The second kappa shape index (κ2) is 4.31. The van der Waals surface area contributed by atoms with Crippen molar-refractivity contribution in [3.8, 4) is 0 Å². The predicted molar refractivity (Wildman–Crippen MR) is 65.3 cm³/mol. The van der Waals surface area contributed by atoms with Crippen LogP contribution in [0.4, 0.5) is 5.69 Å². The SMILES string of the molecule is Nc1cnn(CC(O)CN2CC3CCC2C3)c1. The highest BCUT2D eigenvalue weighted by molar-refractivity contribution is 5.30. The van der Waals surface area contributed by atoms with E-state index in [2.05, 4.69) is 10.00 Å². The lowest BCUT2D eigenvalue weighted by molar-refractivity contribution is 0.0798.